The van der Waals surface area contributed by atoms with Crippen molar-refractivity contribution in [2.45, 2.75) is 52.6 Å². The molecule has 1 fully saturated rings. The molecule has 0 radical (unpaired) electrons. The zero-order chi connectivity index (χ0) is 13.9. The number of hydrazine groups is 1. The van der Waals surface area contributed by atoms with Crippen LogP contribution in [-0.2, 0) is 4.79 Å². The van der Waals surface area contributed by atoms with Crippen LogP contribution in [0.25, 0.3) is 0 Å². The van der Waals surface area contributed by atoms with Crippen LogP contribution < -0.4 is 5.43 Å². The fourth-order valence-corrected chi connectivity index (χ4v) is 1.84. The number of aliphatic imine (C=N–C) groups is 1. The third-order valence-electron chi connectivity index (χ3n) is 3.35. The summed E-state index contributed by atoms with van der Waals surface area (Å²) >= 11 is 0. The molecule has 0 spiro atoms. The van der Waals surface area contributed by atoms with Crippen molar-refractivity contribution in [3.8, 4) is 0 Å². The molecule has 0 aromatic heterocycles. The van der Waals surface area contributed by atoms with E-state index < -0.39 is 0 Å². The van der Waals surface area contributed by atoms with Crippen molar-refractivity contribution in [1.29, 1.82) is 0 Å². The third-order valence-corrected chi connectivity index (χ3v) is 3.35. The van der Waals surface area contributed by atoms with Gasteiger partial charge in [-0.2, -0.15) is 0 Å². The lowest BCUT2D eigenvalue weighted by Crippen LogP contribution is -2.66. The number of carbonyl (C=O) groups excluding carboxylic acids is 1. The van der Waals surface area contributed by atoms with Gasteiger partial charge in [0.05, 0.1) is 13.2 Å². The fraction of sp³-hybridized carbons (Fsp3) is 0.846. The number of nitrogens with zero attached hydrogens (tertiary/aromatic N) is 3. The molecule has 5 heteroatoms. The Kier molecular flexibility index (Phi) is 4.87. The van der Waals surface area contributed by atoms with Gasteiger partial charge in [-0.1, -0.05) is 6.92 Å². The van der Waals surface area contributed by atoms with Gasteiger partial charge in [-0.3, -0.25) is 9.79 Å². The minimum Gasteiger partial charge on any atom is -0.322 e. The number of amides is 1. The highest BCUT2D eigenvalue weighted by Crippen LogP contribution is 2.18. The van der Waals surface area contributed by atoms with Crippen LogP contribution in [0.3, 0.4) is 0 Å². The molecule has 1 atom stereocenters. The monoisotopic (exact) mass is 254 g/mol. The molecule has 1 rings (SSSR count). The van der Waals surface area contributed by atoms with Crippen molar-refractivity contribution in [1.82, 2.24) is 15.3 Å². The summed E-state index contributed by atoms with van der Waals surface area (Å²) in [6, 6.07) is -0.209. The summed E-state index contributed by atoms with van der Waals surface area (Å²) in [7, 11) is 1.90. The molecule has 1 amide bonds. The summed E-state index contributed by atoms with van der Waals surface area (Å²) < 4.78 is 0. The second-order valence-electron chi connectivity index (χ2n) is 5.81. The van der Waals surface area contributed by atoms with Gasteiger partial charge in [0.15, 0.2) is 0 Å². The van der Waals surface area contributed by atoms with Crippen molar-refractivity contribution in [2.75, 3.05) is 20.3 Å². The molecular formula is C13H26N4O. The van der Waals surface area contributed by atoms with Gasteiger partial charge in [-0.05, 0) is 34.1 Å². The van der Waals surface area contributed by atoms with E-state index in [1.165, 1.54) is 0 Å². The van der Waals surface area contributed by atoms with Crippen LogP contribution in [0, 0.1) is 0 Å². The van der Waals surface area contributed by atoms with Crippen LogP contribution in [0.1, 0.15) is 41.0 Å². The van der Waals surface area contributed by atoms with Crippen molar-refractivity contribution in [2.24, 2.45) is 4.99 Å². The Morgan fingerprint density at radius 3 is 2.61 bits per heavy atom. The first kappa shape index (κ1) is 15.1. The zero-order valence-electron chi connectivity index (χ0n) is 12.4. The molecule has 5 nitrogen and oxygen atoms in total. The van der Waals surface area contributed by atoms with Crippen LogP contribution in [-0.4, -0.2) is 53.4 Å². The number of rotatable bonds is 3. The quantitative estimate of drug-likeness (QED) is 0.771. The molecule has 1 aliphatic heterocycles. The molecule has 1 N–H and O–H groups in total. The fourth-order valence-electron chi connectivity index (χ4n) is 1.84. The summed E-state index contributed by atoms with van der Waals surface area (Å²) in [5.41, 5.74) is 4.16. The minimum absolute atomic E-state index is 0.149. The van der Waals surface area contributed by atoms with E-state index in [0.29, 0.717) is 13.2 Å². The number of hydrogen-bond donors (Lipinski definition) is 1. The lowest BCUT2D eigenvalue weighted by Gasteiger charge is -2.45. The highest BCUT2D eigenvalue weighted by atomic mass is 16.2. The molecule has 1 heterocycles. The van der Waals surface area contributed by atoms with Gasteiger partial charge in [0.1, 0.15) is 6.04 Å². The Balaban J connectivity index is 2.79. The standard InChI is InChI=1S/C13H26N4O/c1-7-10(2)14-8-11-12(18)17(13(3,4)5)9-15-16(11)6/h11,15H,7-9H2,1-6H3. The molecule has 1 saturated heterocycles. The van der Waals surface area contributed by atoms with Crippen LogP contribution in [0.2, 0.25) is 0 Å². The summed E-state index contributed by atoms with van der Waals surface area (Å²) in [6.45, 7) is 11.3. The van der Waals surface area contributed by atoms with E-state index in [-0.39, 0.29) is 17.5 Å². The maximum absolute atomic E-state index is 12.5. The Bertz CT molecular complexity index is 332. The molecule has 0 aromatic rings. The normalized spacial score (nSPS) is 23.7. The topological polar surface area (TPSA) is 47.9 Å². The third kappa shape index (κ3) is 3.53. The maximum atomic E-state index is 12.5. The highest BCUT2D eigenvalue weighted by molar-refractivity contribution is 5.85. The van der Waals surface area contributed by atoms with Crippen LogP contribution in [0.4, 0.5) is 0 Å². The average molecular weight is 254 g/mol. The average Bonchev–Trinajstić information content (AvgIpc) is 2.26. The molecule has 104 valence electrons. The maximum Gasteiger partial charge on any atom is 0.244 e. The summed E-state index contributed by atoms with van der Waals surface area (Å²) in [5, 5.41) is 1.87. The van der Waals surface area contributed by atoms with Gasteiger partial charge in [0, 0.05) is 18.3 Å². The van der Waals surface area contributed by atoms with E-state index in [2.05, 4.69) is 38.1 Å². The summed E-state index contributed by atoms with van der Waals surface area (Å²) in [6.07, 6.45) is 0.932. The van der Waals surface area contributed by atoms with Gasteiger partial charge in [-0.25, -0.2) is 10.4 Å². The number of hydrogen-bond acceptors (Lipinski definition) is 4. The second kappa shape index (κ2) is 5.80. The molecular weight excluding hydrogens is 228 g/mol. The predicted octanol–water partition coefficient (Wildman–Crippen LogP) is 1.26. The SMILES string of the molecule is CCC(C)=NCC1C(=O)N(C(C)(C)C)CNN1C. The molecule has 0 bridgehead atoms. The van der Waals surface area contributed by atoms with Crippen molar-refractivity contribution >= 4 is 11.6 Å². The first-order valence-corrected chi connectivity index (χ1v) is 6.55. The molecule has 0 aromatic carbocycles. The Morgan fingerprint density at radius 2 is 2.11 bits per heavy atom. The van der Waals surface area contributed by atoms with Gasteiger partial charge >= 0.3 is 0 Å². The highest BCUT2D eigenvalue weighted by Gasteiger charge is 2.37. The van der Waals surface area contributed by atoms with Crippen molar-refractivity contribution < 1.29 is 4.79 Å². The summed E-state index contributed by atoms with van der Waals surface area (Å²) in [4.78, 5) is 18.8. The Labute approximate surface area is 110 Å². The number of carbonyl (C=O) groups is 1. The van der Waals surface area contributed by atoms with Crippen LogP contribution in [0.15, 0.2) is 4.99 Å². The van der Waals surface area contributed by atoms with Gasteiger partial charge < -0.3 is 4.90 Å². The summed E-state index contributed by atoms with van der Waals surface area (Å²) in [5.74, 6) is 0.149. The smallest absolute Gasteiger partial charge is 0.244 e. The van der Waals surface area contributed by atoms with Gasteiger partial charge in [0.25, 0.3) is 0 Å². The molecule has 0 aliphatic carbocycles. The largest absolute Gasteiger partial charge is 0.322 e. The predicted molar refractivity (Wildman–Crippen MR) is 74.4 cm³/mol. The lowest BCUT2D eigenvalue weighted by atomic mass is 10.0. The molecule has 1 unspecified atom stereocenters. The first-order valence-electron chi connectivity index (χ1n) is 6.55. The minimum atomic E-state index is -0.209. The van der Waals surface area contributed by atoms with Gasteiger partial charge in [-0.15, -0.1) is 0 Å². The second-order valence-corrected chi connectivity index (χ2v) is 5.81. The zero-order valence-corrected chi connectivity index (χ0v) is 12.4. The van der Waals surface area contributed by atoms with E-state index in [1.807, 2.05) is 23.9 Å². The van der Waals surface area contributed by atoms with E-state index >= 15 is 0 Å². The van der Waals surface area contributed by atoms with Crippen molar-refractivity contribution in [3.63, 3.8) is 0 Å². The van der Waals surface area contributed by atoms with E-state index in [0.717, 1.165) is 12.1 Å². The van der Waals surface area contributed by atoms with E-state index in [4.69, 9.17) is 0 Å². The molecule has 18 heavy (non-hydrogen) atoms. The van der Waals surface area contributed by atoms with Gasteiger partial charge in [0.2, 0.25) is 5.91 Å². The Hall–Kier alpha value is -0.940. The molecule has 1 aliphatic rings. The lowest BCUT2D eigenvalue weighted by molar-refractivity contribution is -0.151. The first-order chi connectivity index (χ1) is 8.27. The Morgan fingerprint density at radius 1 is 1.50 bits per heavy atom. The van der Waals surface area contributed by atoms with E-state index in [9.17, 15) is 4.79 Å². The van der Waals surface area contributed by atoms with Crippen LogP contribution in [0.5, 0.6) is 0 Å². The van der Waals surface area contributed by atoms with E-state index in [1.54, 1.807) is 0 Å². The molecule has 0 saturated carbocycles. The number of nitrogens with one attached hydrogen (secondary N) is 1. The number of likely N-dealkylation sites (N-methyl/N-ethyl adjacent to an activating group) is 1. The van der Waals surface area contributed by atoms with Crippen LogP contribution >= 0.6 is 0 Å². The van der Waals surface area contributed by atoms with Crippen molar-refractivity contribution in [3.05, 3.63) is 0 Å².